The lowest BCUT2D eigenvalue weighted by molar-refractivity contribution is -0.384. The molecule has 0 aliphatic carbocycles. The number of hydrogen-bond donors (Lipinski definition) is 3. The zero-order valence-electron chi connectivity index (χ0n) is 10.4. The standard InChI is InChI=1S/C13H12N4O2S/c18-17(19)12-8-6-10(7-9-12)14-13(20)16-15-11-4-2-1-3-5-11/h1-9,15H,(H2,14,16,20). The van der Waals surface area contributed by atoms with Crippen molar-refractivity contribution in [2.24, 2.45) is 0 Å². The number of para-hydroxylation sites is 1. The maximum atomic E-state index is 10.5. The number of benzene rings is 2. The van der Waals surface area contributed by atoms with Gasteiger partial charge in [0.1, 0.15) is 0 Å². The summed E-state index contributed by atoms with van der Waals surface area (Å²) in [6.07, 6.45) is 0. The van der Waals surface area contributed by atoms with Gasteiger partial charge in [-0.25, -0.2) is 0 Å². The first-order valence-electron chi connectivity index (χ1n) is 5.77. The molecule has 0 heterocycles. The maximum absolute atomic E-state index is 10.5. The van der Waals surface area contributed by atoms with Crippen molar-refractivity contribution >= 4 is 34.4 Å². The molecular weight excluding hydrogens is 276 g/mol. The maximum Gasteiger partial charge on any atom is 0.269 e. The van der Waals surface area contributed by atoms with Crippen LogP contribution in [0.25, 0.3) is 0 Å². The summed E-state index contributed by atoms with van der Waals surface area (Å²) in [7, 11) is 0. The van der Waals surface area contributed by atoms with Gasteiger partial charge >= 0.3 is 0 Å². The quantitative estimate of drug-likeness (QED) is 0.456. The van der Waals surface area contributed by atoms with Gasteiger partial charge in [0, 0.05) is 17.8 Å². The Labute approximate surface area is 120 Å². The number of hydrazine groups is 1. The third kappa shape index (κ3) is 3.92. The second-order valence-corrected chi connectivity index (χ2v) is 4.28. The second-order valence-electron chi connectivity index (χ2n) is 3.87. The SMILES string of the molecule is O=[N+]([O-])c1ccc(NC(=S)NNc2ccccc2)cc1. The molecule has 0 aliphatic heterocycles. The summed E-state index contributed by atoms with van der Waals surface area (Å²) in [6.45, 7) is 0. The van der Waals surface area contributed by atoms with Gasteiger partial charge in [0.15, 0.2) is 5.11 Å². The van der Waals surface area contributed by atoms with E-state index >= 15 is 0 Å². The van der Waals surface area contributed by atoms with Gasteiger partial charge < -0.3 is 5.32 Å². The van der Waals surface area contributed by atoms with Gasteiger partial charge in [0.05, 0.1) is 10.6 Å². The van der Waals surface area contributed by atoms with Gasteiger partial charge in [0.2, 0.25) is 0 Å². The van der Waals surface area contributed by atoms with E-state index in [4.69, 9.17) is 12.2 Å². The summed E-state index contributed by atoms with van der Waals surface area (Å²) in [6, 6.07) is 15.5. The number of non-ortho nitro benzene ring substituents is 1. The number of hydrogen-bond acceptors (Lipinski definition) is 4. The lowest BCUT2D eigenvalue weighted by Gasteiger charge is -2.12. The Hall–Kier alpha value is -2.67. The fourth-order valence-electron chi connectivity index (χ4n) is 1.48. The molecule has 0 fully saturated rings. The Morgan fingerprint density at radius 3 is 2.25 bits per heavy atom. The highest BCUT2D eigenvalue weighted by atomic mass is 32.1. The van der Waals surface area contributed by atoms with Gasteiger partial charge in [0.25, 0.3) is 5.69 Å². The van der Waals surface area contributed by atoms with E-state index in [0.717, 1.165) is 5.69 Å². The van der Waals surface area contributed by atoms with Crippen molar-refractivity contribution in [1.82, 2.24) is 5.43 Å². The van der Waals surface area contributed by atoms with E-state index in [-0.39, 0.29) is 5.69 Å². The van der Waals surface area contributed by atoms with Crippen molar-refractivity contribution in [2.75, 3.05) is 10.7 Å². The average molecular weight is 288 g/mol. The Kier molecular flexibility index (Phi) is 4.46. The molecule has 0 aliphatic rings. The van der Waals surface area contributed by atoms with Crippen molar-refractivity contribution in [3.8, 4) is 0 Å². The first kappa shape index (κ1) is 13.8. The highest BCUT2D eigenvalue weighted by molar-refractivity contribution is 7.80. The lowest BCUT2D eigenvalue weighted by atomic mass is 10.3. The fraction of sp³-hybridized carbons (Fsp3) is 0. The molecule has 3 N–H and O–H groups in total. The first-order chi connectivity index (χ1) is 9.65. The minimum Gasteiger partial charge on any atom is -0.331 e. The molecule has 0 spiro atoms. The zero-order valence-corrected chi connectivity index (χ0v) is 11.2. The van der Waals surface area contributed by atoms with Crippen LogP contribution in [0.5, 0.6) is 0 Å². The molecule has 0 radical (unpaired) electrons. The van der Waals surface area contributed by atoms with Crippen LogP contribution in [0.1, 0.15) is 0 Å². The van der Waals surface area contributed by atoms with Crippen molar-refractivity contribution in [3.63, 3.8) is 0 Å². The molecule has 0 unspecified atom stereocenters. The topological polar surface area (TPSA) is 79.2 Å². The van der Waals surface area contributed by atoms with Crippen LogP contribution in [-0.2, 0) is 0 Å². The molecule has 0 aromatic heterocycles. The van der Waals surface area contributed by atoms with Crippen molar-refractivity contribution in [2.45, 2.75) is 0 Å². The molecule has 0 bridgehead atoms. The van der Waals surface area contributed by atoms with E-state index in [9.17, 15) is 10.1 Å². The van der Waals surface area contributed by atoms with Crippen LogP contribution in [0.3, 0.4) is 0 Å². The van der Waals surface area contributed by atoms with Crippen LogP contribution in [0.15, 0.2) is 54.6 Å². The molecule has 0 saturated heterocycles. The zero-order chi connectivity index (χ0) is 14.4. The lowest BCUT2D eigenvalue weighted by Crippen LogP contribution is -2.33. The molecule has 2 aromatic carbocycles. The number of nitrogens with one attached hydrogen (secondary N) is 3. The van der Waals surface area contributed by atoms with Crippen LogP contribution in [0.2, 0.25) is 0 Å². The number of nitro groups is 1. The summed E-state index contributed by atoms with van der Waals surface area (Å²) in [5.41, 5.74) is 7.34. The Morgan fingerprint density at radius 2 is 1.65 bits per heavy atom. The molecule has 0 atom stereocenters. The smallest absolute Gasteiger partial charge is 0.269 e. The van der Waals surface area contributed by atoms with E-state index in [1.165, 1.54) is 12.1 Å². The fourth-order valence-corrected chi connectivity index (χ4v) is 1.65. The number of nitro benzene ring substituents is 1. The van der Waals surface area contributed by atoms with Crippen molar-refractivity contribution in [3.05, 3.63) is 64.7 Å². The monoisotopic (exact) mass is 288 g/mol. The van der Waals surface area contributed by atoms with Crippen molar-refractivity contribution in [1.29, 1.82) is 0 Å². The summed E-state index contributed by atoms with van der Waals surface area (Å²) in [5.74, 6) is 0. The predicted octanol–water partition coefficient (Wildman–Crippen LogP) is 2.91. The number of nitrogens with zero attached hydrogens (tertiary/aromatic N) is 1. The van der Waals surface area contributed by atoms with E-state index < -0.39 is 4.92 Å². The van der Waals surface area contributed by atoms with Crippen LogP contribution in [-0.4, -0.2) is 10.0 Å². The molecule has 6 nitrogen and oxygen atoms in total. The average Bonchev–Trinajstić information content (AvgIpc) is 2.47. The molecule has 2 rings (SSSR count). The second kappa shape index (κ2) is 6.48. The largest absolute Gasteiger partial charge is 0.331 e. The van der Waals surface area contributed by atoms with Crippen LogP contribution in [0, 0.1) is 10.1 Å². The Bertz CT molecular complexity index is 602. The summed E-state index contributed by atoms with van der Waals surface area (Å²) in [5, 5.41) is 13.8. The molecular formula is C13H12N4O2S. The molecule has 0 amide bonds. The summed E-state index contributed by atoms with van der Waals surface area (Å²) < 4.78 is 0. The van der Waals surface area contributed by atoms with E-state index in [1.54, 1.807) is 12.1 Å². The normalized spacial score (nSPS) is 9.60. The number of rotatable bonds is 4. The molecule has 0 saturated carbocycles. The summed E-state index contributed by atoms with van der Waals surface area (Å²) in [4.78, 5) is 10.1. The minimum absolute atomic E-state index is 0.0387. The number of anilines is 2. The van der Waals surface area contributed by atoms with E-state index in [2.05, 4.69) is 16.2 Å². The van der Waals surface area contributed by atoms with Crippen LogP contribution < -0.4 is 16.2 Å². The van der Waals surface area contributed by atoms with E-state index in [1.807, 2.05) is 30.3 Å². The molecule has 20 heavy (non-hydrogen) atoms. The van der Waals surface area contributed by atoms with Gasteiger partial charge in [-0.2, -0.15) is 0 Å². The van der Waals surface area contributed by atoms with Gasteiger partial charge in [-0.1, -0.05) is 18.2 Å². The number of thiocarbonyl (C=S) groups is 1. The predicted molar refractivity (Wildman–Crippen MR) is 82.5 cm³/mol. The van der Waals surface area contributed by atoms with E-state index in [0.29, 0.717) is 10.8 Å². The summed E-state index contributed by atoms with van der Waals surface area (Å²) >= 11 is 5.10. The molecule has 2 aromatic rings. The molecule has 102 valence electrons. The minimum atomic E-state index is -0.447. The van der Waals surface area contributed by atoms with Gasteiger partial charge in [-0.15, -0.1) is 0 Å². The molecule has 7 heteroatoms. The Morgan fingerprint density at radius 1 is 1.00 bits per heavy atom. The third-order valence-electron chi connectivity index (χ3n) is 2.43. The third-order valence-corrected chi connectivity index (χ3v) is 2.63. The van der Waals surface area contributed by atoms with Gasteiger partial charge in [-0.3, -0.25) is 21.0 Å². The highest BCUT2D eigenvalue weighted by Gasteiger charge is 2.04. The van der Waals surface area contributed by atoms with Crippen LogP contribution in [0.4, 0.5) is 17.1 Å². The Balaban J connectivity index is 1.86. The van der Waals surface area contributed by atoms with Crippen LogP contribution >= 0.6 is 12.2 Å². The van der Waals surface area contributed by atoms with Gasteiger partial charge in [-0.05, 0) is 36.5 Å². The van der Waals surface area contributed by atoms with Crippen molar-refractivity contribution < 1.29 is 4.92 Å². The first-order valence-corrected chi connectivity index (χ1v) is 6.18. The highest BCUT2D eigenvalue weighted by Crippen LogP contribution is 2.15.